The molecule has 0 bridgehead atoms. The van der Waals surface area contributed by atoms with Crippen LogP contribution in [0.2, 0.25) is 0 Å². The first-order chi connectivity index (χ1) is 16.1. The highest BCUT2D eigenvalue weighted by atomic mass is 32.1. The number of thiazole rings is 1. The molecule has 1 fully saturated rings. The second kappa shape index (κ2) is 10.9. The molecule has 170 valence electrons. The lowest BCUT2D eigenvalue weighted by Gasteiger charge is -2.27. The van der Waals surface area contributed by atoms with Gasteiger partial charge in [0.1, 0.15) is 12.4 Å². The maximum absolute atomic E-state index is 12.9. The fraction of sp³-hybridized carbons (Fsp3) is 0.269. The summed E-state index contributed by atoms with van der Waals surface area (Å²) in [6.45, 7) is 3.90. The van der Waals surface area contributed by atoms with Crippen LogP contribution in [0.15, 0.2) is 60.0 Å². The van der Waals surface area contributed by atoms with E-state index in [4.69, 9.17) is 4.74 Å². The highest BCUT2D eigenvalue weighted by Crippen LogP contribution is 2.21. The van der Waals surface area contributed by atoms with Crippen LogP contribution in [0.1, 0.15) is 45.9 Å². The van der Waals surface area contributed by atoms with E-state index in [1.807, 2.05) is 53.6 Å². The predicted octanol–water partition coefficient (Wildman–Crippen LogP) is 5.31. The van der Waals surface area contributed by atoms with E-state index in [0.29, 0.717) is 23.6 Å². The van der Waals surface area contributed by atoms with Gasteiger partial charge in [0.15, 0.2) is 0 Å². The number of amides is 2. The van der Waals surface area contributed by atoms with Crippen molar-refractivity contribution in [2.24, 2.45) is 0 Å². The Morgan fingerprint density at radius 2 is 1.94 bits per heavy atom. The number of para-hydroxylation sites is 1. The number of hydrogen-bond donors (Lipinski definition) is 1. The molecule has 2 amide bonds. The van der Waals surface area contributed by atoms with Gasteiger partial charge in [-0.1, -0.05) is 24.3 Å². The van der Waals surface area contributed by atoms with Gasteiger partial charge < -0.3 is 15.0 Å². The Kier molecular flexibility index (Phi) is 7.52. The molecular weight excluding hydrogens is 434 g/mol. The third kappa shape index (κ3) is 6.29. The summed E-state index contributed by atoms with van der Waals surface area (Å²) in [6, 6.07) is 14.7. The molecule has 3 aromatic rings. The number of nitrogens with one attached hydrogen (secondary N) is 1. The van der Waals surface area contributed by atoms with Crippen molar-refractivity contribution in [3.8, 4) is 5.75 Å². The van der Waals surface area contributed by atoms with Gasteiger partial charge in [-0.25, -0.2) is 4.98 Å². The molecule has 2 heterocycles. The van der Waals surface area contributed by atoms with Crippen LogP contribution in [0.5, 0.6) is 5.75 Å². The lowest BCUT2D eigenvalue weighted by Crippen LogP contribution is -2.36. The molecule has 0 atom stereocenters. The van der Waals surface area contributed by atoms with Crippen LogP contribution in [0.25, 0.3) is 6.08 Å². The summed E-state index contributed by atoms with van der Waals surface area (Å²) in [5, 5.41) is 5.85. The van der Waals surface area contributed by atoms with E-state index in [1.54, 1.807) is 29.5 Å². The SMILES string of the molecule is Cc1nc(COc2cccc(/C=C/C(=O)Nc3ccccc3C(=O)N3CCCCC3)c2)cs1. The average molecular weight is 462 g/mol. The fourth-order valence-electron chi connectivity index (χ4n) is 3.73. The first-order valence-corrected chi connectivity index (χ1v) is 12.0. The summed E-state index contributed by atoms with van der Waals surface area (Å²) in [6.07, 6.45) is 6.39. The average Bonchev–Trinajstić information content (AvgIpc) is 3.27. The van der Waals surface area contributed by atoms with Crippen molar-refractivity contribution in [1.82, 2.24) is 9.88 Å². The Labute approximate surface area is 197 Å². The lowest BCUT2D eigenvalue weighted by atomic mass is 10.1. The number of carbonyl (C=O) groups excluding carboxylic acids is 2. The van der Waals surface area contributed by atoms with Gasteiger partial charge in [0.2, 0.25) is 5.91 Å². The summed E-state index contributed by atoms with van der Waals surface area (Å²) in [7, 11) is 0. The minimum absolute atomic E-state index is 0.0327. The quantitative estimate of drug-likeness (QED) is 0.484. The molecule has 4 rings (SSSR count). The van der Waals surface area contributed by atoms with Crippen molar-refractivity contribution in [3.05, 3.63) is 81.8 Å². The van der Waals surface area contributed by atoms with E-state index in [0.717, 1.165) is 48.6 Å². The van der Waals surface area contributed by atoms with E-state index in [9.17, 15) is 9.59 Å². The van der Waals surface area contributed by atoms with Gasteiger partial charge in [0.05, 0.1) is 22.0 Å². The predicted molar refractivity (Wildman–Crippen MR) is 131 cm³/mol. The number of anilines is 1. The number of likely N-dealkylation sites (tertiary alicyclic amines) is 1. The van der Waals surface area contributed by atoms with E-state index in [2.05, 4.69) is 10.3 Å². The zero-order valence-electron chi connectivity index (χ0n) is 18.6. The maximum Gasteiger partial charge on any atom is 0.255 e. The van der Waals surface area contributed by atoms with Gasteiger partial charge in [-0.2, -0.15) is 0 Å². The molecule has 0 radical (unpaired) electrons. The standard InChI is InChI=1S/C26H27N3O3S/c1-19-27-21(18-33-19)17-32-22-9-7-8-20(16-22)12-13-25(30)28-24-11-4-3-10-23(24)26(31)29-14-5-2-6-15-29/h3-4,7-13,16,18H,2,5-6,14-15,17H2,1H3,(H,28,30)/b13-12+. The molecule has 0 aliphatic carbocycles. The van der Waals surface area contributed by atoms with Crippen molar-refractivity contribution in [3.63, 3.8) is 0 Å². The highest BCUT2D eigenvalue weighted by molar-refractivity contribution is 7.09. The second-order valence-corrected chi connectivity index (χ2v) is 9.00. The molecule has 33 heavy (non-hydrogen) atoms. The molecule has 1 aromatic heterocycles. The highest BCUT2D eigenvalue weighted by Gasteiger charge is 2.20. The Morgan fingerprint density at radius 3 is 2.73 bits per heavy atom. The van der Waals surface area contributed by atoms with E-state index in [1.165, 1.54) is 6.08 Å². The first-order valence-electron chi connectivity index (χ1n) is 11.1. The van der Waals surface area contributed by atoms with Crippen LogP contribution in [0.3, 0.4) is 0 Å². The fourth-order valence-corrected chi connectivity index (χ4v) is 4.33. The van der Waals surface area contributed by atoms with Crippen LogP contribution in [0, 0.1) is 6.92 Å². The van der Waals surface area contributed by atoms with Crippen molar-refractivity contribution in [2.45, 2.75) is 32.8 Å². The van der Waals surface area contributed by atoms with Crippen LogP contribution in [-0.2, 0) is 11.4 Å². The van der Waals surface area contributed by atoms with Gasteiger partial charge >= 0.3 is 0 Å². The monoisotopic (exact) mass is 461 g/mol. The van der Waals surface area contributed by atoms with Crippen molar-refractivity contribution in [2.75, 3.05) is 18.4 Å². The molecule has 6 nitrogen and oxygen atoms in total. The Hall–Kier alpha value is -3.45. The number of hydrogen-bond acceptors (Lipinski definition) is 5. The number of aryl methyl sites for hydroxylation is 1. The molecule has 1 saturated heterocycles. The zero-order valence-corrected chi connectivity index (χ0v) is 19.4. The summed E-state index contributed by atoms with van der Waals surface area (Å²) in [5.41, 5.74) is 2.79. The van der Waals surface area contributed by atoms with Crippen molar-refractivity contribution in [1.29, 1.82) is 0 Å². The molecule has 0 spiro atoms. The Balaban J connectivity index is 1.38. The minimum Gasteiger partial charge on any atom is -0.487 e. The van der Waals surface area contributed by atoms with Gasteiger partial charge in [0, 0.05) is 24.5 Å². The van der Waals surface area contributed by atoms with Crippen LogP contribution >= 0.6 is 11.3 Å². The van der Waals surface area contributed by atoms with Crippen molar-refractivity contribution >= 4 is 34.9 Å². The molecule has 0 unspecified atom stereocenters. The third-order valence-corrected chi connectivity index (χ3v) is 6.22. The van der Waals surface area contributed by atoms with Crippen LogP contribution in [0.4, 0.5) is 5.69 Å². The van der Waals surface area contributed by atoms with Crippen molar-refractivity contribution < 1.29 is 14.3 Å². The lowest BCUT2D eigenvalue weighted by molar-refractivity contribution is -0.111. The summed E-state index contributed by atoms with van der Waals surface area (Å²) in [4.78, 5) is 31.8. The van der Waals surface area contributed by atoms with Crippen LogP contribution < -0.4 is 10.1 Å². The summed E-state index contributed by atoms with van der Waals surface area (Å²) < 4.78 is 5.82. The molecule has 1 aliphatic heterocycles. The Bertz CT molecular complexity index is 1150. The Morgan fingerprint density at radius 1 is 1.12 bits per heavy atom. The number of piperidine rings is 1. The second-order valence-electron chi connectivity index (χ2n) is 7.94. The first kappa shape index (κ1) is 22.7. The normalized spacial score (nSPS) is 13.8. The topological polar surface area (TPSA) is 71.5 Å². The number of rotatable bonds is 7. The number of ether oxygens (including phenoxy) is 1. The minimum atomic E-state index is -0.293. The molecule has 2 aromatic carbocycles. The summed E-state index contributed by atoms with van der Waals surface area (Å²) >= 11 is 1.59. The molecule has 7 heteroatoms. The van der Waals surface area contributed by atoms with Gasteiger partial charge in [0.25, 0.3) is 5.91 Å². The summed E-state index contributed by atoms with van der Waals surface area (Å²) in [5.74, 6) is 0.383. The van der Waals surface area contributed by atoms with Crippen LogP contribution in [-0.4, -0.2) is 34.8 Å². The molecule has 1 aliphatic rings. The maximum atomic E-state index is 12.9. The number of nitrogens with zero attached hydrogens (tertiary/aromatic N) is 2. The zero-order chi connectivity index (χ0) is 23.0. The molecule has 0 saturated carbocycles. The van der Waals surface area contributed by atoms with Gasteiger partial charge in [-0.05, 0) is 62.1 Å². The smallest absolute Gasteiger partial charge is 0.255 e. The third-order valence-electron chi connectivity index (χ3n) is 5.40. The number of carbonyl (C=O) groups is 2. The molecule has 1 N–H and O–H groups in total. The van der Waals surface area contributed by atoms with Gasteiger partial charge in [-0.3, -0.25) is 9.59 Å². The van der Waals surface area contributed by atoms with E-state index >= 15 is 0 Å². The van der Waals surface area contributed by atoms with E-state index < -0.39 is 0 Å². The molecular formula is C26H27N3O3S. The van der Waals surface area contributed by atoms with E-state index in [-0.39, 0.29) is 11.8 Å². The largest absolute Gasteiger partial charge is 0.487 e. The van der Waals surface area contributed by atoms with Gasteiger partial charge in [-0.15, -0.1) is 11.3 Å². The number of aromatic nitrogens is 1. The number of benzene rings is 2.